The molecule has 0 bridgehead atoms. The Hall–Kier alpha value is -1.98. The molecule has 1 radical (unpaired) electrons. The summed E-state index contributed by atoms with van der Waals surface area (Å²) in [6.07, 6.45) is 0. The van der Waals surface area contributed by atoms with E-state index < -0.39 is 0 Å². The SMILES string of the molecule is Oc1cccc(CO[B]OCc2cccc(O)c2)c1. The fourth-order valence-corrected chi connectivity index (χ4v) is 1.60. The lowest BCUT2D eigenvalue weighted by Crippen LogP contribution is -2.04. The second-order valence-electron chi connectivity index (χ2n) is 4.06. The maximum Gasteiger partial charge on any atom is 0.488 e. The molecule has 97 valence electrons. The Bertz CT molecular complexity index is 483. The van der Waals surface area contributed by atoms with Crippen molar-refractivity contribution in [1.82, 2.24) is 0 Å². The molecule has 4 nitrogen and oxygen atoms in total. The number of benzene rings is 2. The van der Waals surface area contributed by atoms with Crippen molar-refractivity contribution in [3.63, 3.8) is 0 Å². The predicted octanol–water partition coefficient (Wildman–Crippen LogP) is 2.37. The summed E-state index contributed by atoms with van der Waals surface area (Å²) in [7, 11) is 1.26. The van der Waals surface area contributed by atoms with Crippen molar-refractivity contribution in [3.8, 4) is 11.5 Å². The summed E-state index contributed by atoms with van der Waals surface area (Å²) in [4.78, 5) is 0. The quantitative estimate of drug-likeness (QED) is 0.616. The van der Waals surface area contributed by atoms with Gasteiger partial charge in [0.15, 0.2) is 0 Å². The topological polar surface area (TPSA) is 58.9 Å². The molecule has 0 unspecified atom stereocenters. The molecule has 0 saturated heterocycles. The zero-order chi connectivity index (χ0) is 13.5. The van der Waals surface area contributed by atoms with Gasteiger partial charge < -0.3 is 19.5 Å². The molecule has 2 aromatic rings. The molecule has 2 N–H and O–H groups in total. The Labute approximate surface area is 112 Å². The van der Waals surface area contributed by atoms with E-state index in [9.17, 15) is 10.2 Å². The highest BCUT2D eigenvalue weighted by Gasteiger charge is 1.99. The van der Waals surface area contributed by atoms with E-state index >= 15 is 0 Å². The first kappa shape index (κ1) is 13.5. The van der Waals surface area contributed by atoms with Crippen molar-refractivity contribution >= 4 is 7.69 Å². The van der Waals surface area contributed by atoms with Gasteiger partial charge in [0.05, 0.1) is 13.2 Å². The van der Waals surface area contributed by atoms with Gasteiger partial charge in [-0.1, -0.05) is 24.3 Å². The minimum absolute atomic E-state index is 0.210. The molecule has 19 heavy (non-hydrogen) atoms. The van der Waals surface area contributed by atoms with Gasteiger partial charge in [0, 0.05) is 0 Å². The van der Waals surface area contributed by atoms with Gasteiger partial charge in [0.1, 0.15) is 11.5 Å². The third kappa shape index (κ3) is 4.65. The number of phenols is 2. The minimum atomic E-state index is 0.210. The zero-order valence-electron chi connectivity index (χ0n) is 10.3. The molecule has 5 heteroatoms. The standard InChI is InChI=1S/C14H14BO4/c16-13-5-1-3-11(7-13)9-18-15-19-10-12-4-2-6-14(17)8-12/h1-8,16-17H,9-10H2. The lowest BCUT2D eigenvalue weighted by atomic mass is 10.2. The molecular formula is C14H14BO4. The molecule has 2 rings (SSSR count). The highest BCUT2D eigenvalue weighted by Crippen LogP contribution is 2.12. The Balaban J connectivity index is 1.67. The molecule has 0 heterocycles. The molecule has 0 spiro atoms. The van der Waals surface area contributed by atoms with Crippen LogP contribution in [0.4, 0.5) is 0 Å². The third-order valence-corrected chi connectivity index (χ3v) is 2.46. The van der Waals surface area contributed by atoms with Gasteiger partial charge >= 0.3 is 7.69 Å². The van der Waals surface area contributed by atoms with E-state index in [1.165, 1.54) is 7.69 Å². The first-order chi connectivity index (χ1) is 9.24. The fraction of sp³-hybridized carbons (Fsp3) is 0.143. The van der Waals surface area contributed by atoms with Crippen molar-refractivity contribution in [2.75, 3.05) is 0 Å². The normalized spacial score (nSPS) is 10.3. The van der Waals surface area contributed by atoms with Crippen molar-refractivity contribution < 1.29 is 19.5 Å². The van der Waals surface area contributed by atoms with Crippen LogP contribution in [0.5, 0.6) is 11.5 Å². The smallest absolute Gasteiger partial charge is 0.488 e. The van der Waals surface area contributed by atoms with Gasteiger partial charge in [-0.2, -0.15) is 0 Å². The second kappa shape index (κ2) is 6.82. The van der Waals surface area contributed by atoms with Gasteiger partial charge in [-0.25, -0.2) is 0 Å². The van der Waals surface area contributed by atoms with Crippen LogP contribution in [0.15, 0.2) is 48.5 Å². The summed E-state index contributed by atoms with van der Waals surface area (Å²) >= 11 is 0. The first-order valence-corrected chi connectivity index (χ1v) is 5.85. The summed E-state index contributed by atoms with van der Waals surface area (Å²) in [5.41, 5.74) is 1.72. The van der Waals surface area contributed by atoms with Crippen LogP contribution in [-0.2, 0) is 22.5 Å². The van der Waals surface area contributed by atoms with E-state index in [1.54, 1.807) is 36.4 Å². The van der Waals surface area contributed by atoms with Crippen LogP contribution < -0.4 is 0 Å². The third-order valence-electron chi connectivity index (χ3n) is 2.46. The monoisotopic (exact) mass is 257 g/mol. The number of hydrogen-bond acceptors (Lipinski definition) is 4. The maximum absolute atomic E-state index is 9.27. The highest BCUT2D eigenvalue weighted by atomic mass is 16.6. The maximum atomic E-state index is 9.27. The van der Waals surface area contributed by atoms with Crippen LogP contribution in [0.3, 0.4) is 0 Å². The Morgan fingerprint density at radius 2 is 1.26 bits per heavy atom. The lowest BCUT2D eigenvalue weighted by Gasteiger charge is -2.05. The van der Waals surface area contributed by atoms with Gasteiger partial charge in [0.25, 0.3) is 0 Å². The Morgan fingerprint density at radius 1 is 0.789 bits per heavy atom. The summed E-state index contributed by atoms with van der Waals surface area (Å²) in [5, 5.41) is 18.5. The Morgan fingerprint density at radius 3 is 1.68 bits per heavy atom. The van der Waals surface area contributed by atoms with Crippen LogP contribution in [0.2, 0.25) is 0 Å². The average Bonchev–Trinajstić information content (AvgIpc) is 2.38. The Kier molecular flexibility index (Phi) is 4.83. The van der Waals surface area contributed by atoms with E-state index in [-0.39, 0.29) is 11.5 Å². The van der Waals surface area contributed by atoms with Crippen LogP contribution >= 0.6 is 0 Å². The van der Waals surface area contributed by atoms with E-state index in [0.717, 1.165) is 11.1 Å². The molecule has 0 aliphatic rings. The van der Waals surface area contributed by atoms with E-state index in [4.69, 9.17) is 9.31 Å². The number of aromatic hydroxyl groups is 2. The molecule has 0 aromatic heterocycles. The number of phenolic OH excluding ortho intramolecular Hbond substituents is 2. The molecule has 2 aromatic carbocycles. The van der Waals surface area contributed by atoms with Crippen molar-refractivity contribution in [2.24, 2.45) is 0 Å². The fourth-order valence-electron chi connectivity index (χ4n) is 1.60. The number of hydrogen-bond donors (Lipinski definition) is 2. The van der Waals surface area contributed by atoms with Crippen LogP contribution in [-0.4, -0.2) is 17.9 Å². The van der Waals surface area contributed by atoms with Gasteiger partial charge in [-0.3, -0.25) is 0 Å². The van der Waals surface area contributed by atoms with Crippen molar-refractivity contribution in [1.29, 1.82) is 0 Å². The minimum Gasteiger partial charge on any atom is -0.508 e. The molecule has 0 aliphatic heterocycles. The van der Waals surface area contributed by atoms with Crippen LogP contribution in [0.25, 0.3) is 0 Å². The average molecular weight is 257 g/mol. The predicted molar refractivity (Wildman–Crippen MR) is 71.5 cm³/mol. The van der Waals surface area contributed by atoms with Crippen molar-refractivity contribution in [2.45, 2.75) is 13.2 Å². The number of rotatable bonds is 6. The van der Waals surface area contributed by atoms with Gasteiger partial charge in [-0.05, 0) is 35.4 Å². The van der Waals surface area contributed by atoms with Gasteiger partial charge in [-0.15, -0.1) is 0 Å². The molecular weight excluding hydrogens is 243 g/mol. The van der Waals surface area contributed by atoms with E-state index in [1.807, 2.05) is 12.1 Å². The van der Waals surface area contributed by atoms with Crippen LogP contribution in [0, 0.1) is 0 Å². The molecule has 0 saturated carbocycles. The van der Waals surface area contributed by atoms with E-state index in [0.29, 0.717) is 13.2 Å². The lowest BCUT2D eigenvalue weighted by molar-refractivity contribution is 0.207. The summed E-state index contributed by atoms with van der Waals surface area (Å²) in [5.74, 6) is 0.420. The van der Waals surface area contributed by atoms with Crippen LogP contribution in [0.1, 0.15) is 11.1 Å². The summed E-state index contributed by atoms with van der Waals surface area (Å²) < 4.78 is 10.4. The second-order valence-corrected chi connectivity index (χ2v) is 4.06. The first-order valence-electron chi connectivity index (χ1n) is 5.85. The van der Waals surface area contributed by atoms with Gasteiger partial charge in [0.2, 0.25) is 0 Å². The van der Waals surface area contributed by atoms with Crippen molar-refractivity contribution in [3.05, 3.63) is 59.7 Å². The molecule has 0 atom stereocenters. The highest BCUT2D eigenvalue weighted by molar-refractivity contribution is 6.17. The largest absolute Gasteiger partial charge is 0.508 e. The summed E-state index contributed by atoms with van der Waals surface area (Å²) in [6, 6.07) is 13.7. The summed E-state index contributed by atoms with van der Waals surface area (Å²) in [6.45, 7) is 0.656. The van der Waals surface area contributed by atoms with E-state index in [2.05, 4.69) is 0 Å². The molecule has 0 amide bonds. The zero-order valence-corrected chi connectivity index (χ0v) is 10.3. The molecule has 0 aliphatic carbocycles. The molecule has 0 fully saturated rings.